The molecule has 0 saturated heterocycles. The van der Waals surface area contributed by atoms with Crippen LogP contribution in [0.3, 0.4) is 0 Å². The summed E-state index contributed by atoms with van der Waals surface area (Å²) >= 11 is 1.42. The third kappa shape index (κ3) is 3.26. The molecule has 0 spiro atoms. The third-order valence-corrected chi connectivity index (χ3v) is 3.55. The van der Waals surface area contributed by atoms with E-state index in [4.69, 9.17) is 5.73 Å². The molecule has 1 aromatic rings. The molecule has 2 N–H and O–H groups in total. The number of nitrogens with two attached hydrogens (primary N) is 1. The monoisotopic (exact) mass is 263 g/mol. The van der Waals surface area contributed by atoms with Gasteiger partial charge in [0.2, 0.25) is 0 Å². The summed E-state index contributed by atoms with van der Waals surface area (Å²) < 4.78 is 13.9. The van der Waals surface area contributed by atoms with Crippen LogP contribution in [0, 0.1) is 12.7 Å². The van der Waals surface area contributed by atoms with Crippen molar-refractivity contribution < 1.29 is 4.39 Å². The number of rotatable bonds is 4. The second-order valence-electron chi connectivity index (χ2n) is 4.23. The topological polar surface area (TPSA) is 26.0 Å². The Balaban J connectivity index is 3.28. The fourth-order valence-electron chi connectivity index (χ4n) is 1.68. The summed E-state index contributed by atoms with van der Waals surface area (Å²) in [5, 5.41) is 0. The van der Waals surface area contributed by atoms with Crippen LogP contribution in [-0.4, -0.2) is 0 Å². The van der Waals surface area contributed by atoms with Gasteiger partial charge in [-0.15, -0.1) is 0 Å². The minimum absolute atomic E-state index is 0.277. The van der Waals surface area contributed by atoms with Gasteiger partial charge >= 0.3 is 0 Å². The van der Waals surface area contributed by atoms with Gasteiger partial charge in [-0.05, 0) is 42.9 Å². The highest BCUT2D eigenvalue weighted by molar-refractivity contribution is 8.07. The van der Waals surface area contributed by atoms with E-state index in [1.165, 1.54) is 17.8 Å². The standard InChI is InChI=1S/C15H18FNS/c1-9(2)18-15(12(5)17)11(4)14-10(3)7-6-8-13(14)16/h6-8H,1,4,17H2,2-3,5H3/b15-12+. The van der Waals surface area contributed by atoms with Gasteiger partial charge in [-0.25, -0.2) is 4.39 Å². The zero-order valence-corrected chi connectivity index (χ0v) is 11.8. The molecule has 0 radical (unpaired) electrons. The van der Waals surface area contributed by atoms with E-state index in [-0.39, 0.29) is 5.82 Å². The maximum atomic E-state index is 13.9. The fourth-order valence-corrected chi connectivity index (χ4v) is 2.42. The maximum absolute atomic E-state index is 13.9. The Labute approximate surface area is 112 Å². The van der Waals surface area contributed by atoms with Crippen LogP contribution < -0.4 is 5.73 Å². The van der Waals surface area contributed by atoms with Gasteiger partial charge in [0.25, 0.3) is 0 Å². The largest absolute Gasteiger partial charge is 0.401 e. The smallest absolute Gasteiger partial charge is 0.131 e. The molecule has 18 heavy (non-hydrogen) atoms. The number of allylic oxidation sites excluding steroid dienone is 3. The zero-order chi connectivity index (χ0) is 13.9. The minimum atomic E-state index is -0.277. The van der Waals surface area contributed by atoms with Crippen molar-refractivity contribution >= 4 is 17.3 Å². The first-order chi connectivity index (χ1) is 8.34. The molecule has 0 aliphatic rings. The fraction of sp³-hybridized carbons (Fsp3) is 0.200. The van der Waals surface area contributed by atoms with Crippen molar-refractivity contribution in [3.8, 4) is 0 Å². The van der Waals surface area contributed by atoms with Crippen LogP contribution in [0.15, 0.2) is 46.9 Å². The minimum Gasteiger partial charge on any atom is -0.401 e. The molecule has 1 rings (SSSR count). The second kappa shape index (κ2) is 5.91. The Morgan fingerprint density at radius 2 is 1.89 bits per heavy atom. The summed E-state index contributed by atoms with van der Waals surface area (Å²) in [6.45, 7) is 13.3. The predicted molar refractivity (Wildman–Crippen MR) is 79.5 cm³/mol. The number of benzene rings is 1. The highest BCUT2D eigenvalue weighted by Crippen LogP contribution is 2.37. The molecule has 1 nitrogen and oxygen atoms in total. The van der Waals surface area contributed by atoms with E-state index >= 15 is 0 Å². The summed E-state index contributed by atoms with van der Waals surface area (Å²) in [5.74, 6) is -0.277. The lowest BCUT2D eigenvalue weighted by Gasteiger charge is -2.15. The average molecular weight is 263 g/mol. The number of halogens is 1. The highest BCUT2D eigenvalue weighted by atomic mass is 32.2. The summed E-state index contributed by atoms with van der Waals surface area (Å²) in [6.07, 6.45) is 0. The number of aryl methyl sites for hydroxylation is 1. The number of hydrogen-bond acceptors (Lipinski definition) is 2. The van der Waals surface area contributed by atoms with E-state index in [0.717, 1.165) is 15.4 Å². The van der Waals surface area contributed by atoms with E-state index in [9.17, 15) is 4.39 Å². The number of hydrogen-bond donors (Lipinski definition) is 1. The molecule has 96 valence electrons. The number of thioether (sulfide) groups is 1. The van der Waals surface area contributed by atoms with Crippen LogP contribution in [-0.2, 0) is 0 Å². The van der Waals surface area contributed by atoms with Crippen molar-refractivity contribution in [1.82, 2.24) is 0 Å². The molecule has 0 bridgehead atoms. The van der Waals surface area contributed by atoms with Crippen molar-refractivity contribution in [3.63, 3.8) is 0 Å². The molecule has 0 saturated carbocycles. The highest BCUT2D eigenvalue weighted by Gasteiger charge is 2.15. The molecule has 0 amide bonds. The Hall–Kier alpha value is -1.48. The average Bonchev–Trinajstić information content (AvgIpc) is 2.24. The van der Waals surface area contributed by atoms with Gasteiger partial charge in [-0.3, -0.25) is 0 Å². The Morgan fingerprint density at radius 1 is 1.28 bits per heavy atom. The Morgan fingerprint density at radius 3 is 2.33 bits per heavy atom. The molecule has 0 unspecified atom stereocenters. The van der Waals surface area contributed by atoms with Crippen LogP contribution in [0.1, 0.15) is 25.0 Å². The van der Waals surface area contributed by atoms with Gasteiger partial charge in [-0.1, -0.05) is 37.1 Å². The normalized spacial score (nSPS) is 12.0. The first-order valence-electron chi connectivity index (χ1n) is 5.59. The molecule has 0 aliphatic carbocycles. The van der Waals surface area contributed by atoms with Gasteiger partial charge in [-0.2, -0.15) is 0 Å². The van der Waals surface area contributed by atoms with Gasteiger partial charge in [0.05, 0.1) is 0 Å². The van der Waals surface area contributed by atoms with Gasteiger partial charge in [0, 0.05) is 16.2 Å². The van der Waals surface area contributed by atoms with Gasteiger partial charge in [0.1, 0.15) is 5.82 Å². The lowest BCUT2D eigenvalue weighted by molar-refractivity contribution is 0.623. The molecule has 1 aromatic carbocycles. The second-order valence-corrected chi connectivity index (χ2v) is 5.54. The van der Waals surface area contributed by atoms with Crippen LogP contribution in [0.4, 0.5) is 4.39 Å². The van der Waals surface area contributed by atoms with E-state index in [2.05, 4.69) is 13.2 Å². The molecular weight excluding hydrogens is 245 g/mol. The third-order valence-electron chi connectivity index (χ3n) is 2.43. The Kier molecular flexibility index (Phi) is 4.79. The van der Waals surface area contributed by atoms with Crippen LogP contribution in [0.5, 0.6) is 0 Å². The predicted octanol–water partition coefficient (Wildman–Crippen LogP) is 4.60. The molecule has 0 aromatic heterocycles. The van der Waals surface area contributed by atoms with Crippen LogP contribution >= 0.6 is 11.8 Å². The van der Waals surface area contributed by atoms with E-state index in [0.29, 0.717) is 16.8 Å². The molecule has 0 atom stereocenters. The lowest BCUT2D eigenvalue weighted by atomic mass is 10.0. The van der Waals surface area contributed by atoms with Gasteiger partial charge < -0.3 is 5.73 Å². The first-order valence-corrected chi connectivity index (χ1v) is 6.40. The molecule has 3 heteroatoms. The van der Waals surface area contributed by atoms with Crippen molar-refractivity contribution in [2.45, 2.75) is 20.8 Å². The van der Waals surface area contributed by atoms with E-state index in [1.807, 2.05) is 19.9 Å². The molecule has 0 heterocycles. The van der Waals surface area contributed by atoms with E-state index in [1.54, 1.807) is 13.0 Å². The maximum Gasteiger partial charge on any atom is 0.131 e. The molecule has 0 aliphatic heterocycles. The van der Waals surface area contributed by atoms with Gasteiger partial charge in [0.15, 0.2) is 0 Å². The van der Waals surface area contributed by atoms with Crippen LogP contribution in [0.25, 0.3) is 5.57 Å². The summed E-state index contributed by atoms with van der Waals surface area (Å²) in [4.78, 5) is 1.67. The summed E-state index contributed by atoms with van der Waals surface area (Å²) in [6, 6.07) is 4.98. The van der Waals surface area contributed by atoms with Crippen molar-refractivity contribution in [2.75, 3.05) is 0 Å². The van der Waals surface area contributed by atoms with E-state index < -0.39 is 0 Å². The zero-order valence-electron chi connectivity index (χ0n) is 11.0. The van der Waals surface area contributed by atoms with Crippen molar-refractivity contribution in [2.24, 2.45) is 5.73 Å². The van der Waals surface area contributed by atoms with Crippen molar-refractivity contribution in [3.05, 3.63) is 63.8 Å². The first kappa shape index (κ1) is 14.6. The SMILES string of the molecule is C=C(C)S/C(C(=C)c1c(C)cccc1F)=C(\C)N. The summed E-state index contributed by atoms with van der Waals surface area (Å²) in [5.41, 5.74) is 8.46. The van der Waals surface area contributed by atoms with Crippen molar-refractivity contribution in [1.29, 1.82) is 0 Å². The lowest BCUT2D eigenvalue weighted by Crippen LogP contribution is -2.01. The molecular formula is C15H18FNS. The Bertz CT molecular complexity index is 505. The summed E-state index contributed by atoms with van der Waals surface area (Å²) in [7, 11) is 0. The molecule has 0 fully saturated rings. The van der Waals surface area contributed by atoms with Crippen LogP contribution in [0.2, 0.25) is 0 Å². The quantitative estimate of drug-likeness (QED) is 0.803.